The van der Waals surface area contributed by atoms with Crippen molar-refractivity contribution in [2.45, 2.75) is 38.9 Å². The van der Waals surface area contributed by atoms with Crippen LogP contribution in [0.1, 0.15) is 38.1 Å². The number of para-hydroxylation sites is 1. The van der Waals surface area contributed by atoms with E-state index in [4.69, 9.17) is 10.6 Å². The van der Waals surface area contributed by atoms with Gasteiger partial charge in [0.15, 0.2) is 0 Å². The van der Waals surface area contributed by atoms with Gasteiger partial charge in [0.25, 0.3) is 5.91 Å². The van der Waals surface area contributed by atoms with Crippen LogP contribution in [0.15, 0.2) is 18.2 Å². The van der Waals surface area contributed by atoms with E-state index >= 15 is 0 Å². The first-order valence-electron chi connectivity index (χ1n) is 6.90. The fraction of sp³-hybridized carbons (Fsp3) is 0.533. The zero-order valence-corrected chi connectivity index (χ0v) is 12.9. The Bertz CT molecular complexity index is 542. The predicted molar refractivity (Wildman–Crippen MR) is 79.4 cm³/mol. The van der Waals surface area contributed by atoms with Gasteiger partial charge in [-0.1, -0.05) is 6.07 Å². The average molecular weight is 295 g/mol. The second kappa shape index (κ2) is 5.27. The van der Waals surface area contributed by atoms with Gasteiger partial charge in [0.05, 0.1) is 22.5 Å². The standard InChI is InChI=1S/C15H22FN3O2/c1-14(2)8-19(9-15(3,4)21-14)13(20)10-6-5-7-11(16)12(10)18-17/h5-7,18H,8-9,17H2,1-4H3. The Labute approximate surface area is 124 Å². The van der Waals surface area contributed by atoms with Gasteiger partial charge in [-0.3, -0.25) is 10.6 Å². The number of nitrogens with one attached hydrogen (secondary N) is 1. The Kier molecular flexibility index (Phi) is 3.95. The maximum Gasteiger partial charge on any atom is 0.256 e. The van der Waals surface area contributed by atoms with E-state index in [0.717, 1.165) is 0 Å². The van der Waals surface area contributed by atoms with Crippen LogP contribution >= 0.6 is 0 Å². The molecule has 0 aliphatic carbocycles. The summed E-state index contributed by atoms with van der Waals surface area (Å²) in [5, 5.41) is 0. The number of amides is 1. The summed E-state index contributed by atoms with van der Waals surface area (Å²) in [6.07, 6.45) is 0. The van der Waals surface area contributed by atoms with E-state index in [1.54, 1.807) is 11.0 Å². The maximum absolute atomic E-state index is 13.7. The Hall–Kier alpha value is -1.66. The first-order valence-corrected chi connectivity index (χ1v) is 6.90. The number of benzene rings is 1. The number of morpholine rings is 1. The van der Waals surface area contributed by atoms with Crippen LogP contribution in [0.4, 0.5) is 10.1 Å². The quantitative estimate of drug-likeness (QED) is 0.648. The molecule has 1 amide bonds. The topological polar surface area (TPSA) is 67.6 Å². The Morgan fingerprint density at radius 3 is 2.38 bits per heavy atom. The molecule has 1 aromatic rings. The summed E-state index contributed by atoms with van der Waals surface area (Å²) in [6, 6.07) is 4.33. The highest BCUT2D eigenvalue weighted by atomic mass is 19.1. The Morgan fingerprint density at radius 1 is 1.29 bits per heavy atom. The largest absolute Gasteiger partial charge is 0.366 e. The lowest BCUT2D eigenvalue weighted by molar-refractivity contribution is -0.171. The fourth-order valence-electron chi connectivity index (χ4n) is 2.95. The number of nitrogens with zero attached hydrogens (tertiary/aromatic N) is 1. The van der Waals surface area contributed by atoms with Gasteiger partial charge < -0.3 is 15.1 Å². The van der Waals surface area contributed by atoms with Crippen LogP contribution in [0, 0.1) is 5.82 Å². The van der Waals surface area contributed by atoms with Gasteiger partial charge in [0, 0.05) is 13.1 Å². The van der Waals surface area contributed by atoms with Gasteiger partial charge in [0.2, 0.25) is 0 Å². The lowest BCUT2D eigenvalue weighted by Crippen LogP contribution is -2.58. The normalized spacial score (nSPS) is 20.2. The van der Waals surface area contributed by atoms with Crippen LogP contribution in [0.25, 0.3) is 0 Å². The minimum atomic E-state index is -0.546. The number of anilines is 1. The molecule has 1 heterocycles. The summed E-state index contributed by atoms with van der Waals surface area (Å²) in [5.74, 6) is 4.54. The third kappa shape index (κ3) is 3.33. The smallest absolute Gasteiger partial charge is 0.256 e. The van der Waals surface area contributed by atoms with Crippen molar-refractivity contribution in [1.29, 1.82) is 0 Å². The van der Waals surface area contributed by atoms with E-state index in [-0.39, 0.29) is 17.2 Å². The number of rotatable bonds is 2. The van der Waals surface area contributed by atoms with Gasteiger partial charge >= 0.3 is 0 Å². The van der Waals surface area contributed by atoms with Crippen molar-refractivity contribution in [1.82, 2.24) is 4.90 Å². The molecule has 0 saturated carbocycles. The van der Waals surface area contributed by atoms with Gasteiger partial charge in [-0.05, 0) is 39.8 Å². The molecule has 3 N–H and O–H groups in total. The van der Waals surface area contributed by atoms with E-state index in [1.807, 2.05) is 27.7 Å². The minimum Gasteiger partial charge on any atom is -0.366 e. The molecule has 0 aromatic heterocycles. The molecule has 0 atom stereocenters. The SMILES string of the molecule is CC1(C)CN(C(=O)c2cccc(F)c2NN)CC(C)(C)O1. The average Bonchev–Trinajstić information content (AvgIpc) is 2.33. The van der Waals surface area contributed by atoms with Crippen molar-refractivity contribution in [2.24, 2.45) is 5.84 Å². The molecule has 1 fully saturated rings. The van der Waals surface area contributed by atoms with Gasteiger partial charge in [0.1, 0.15) is 5.82 Å². The van der Waals surface area contributed by atoms with Crippen molar-refractivity contribution in [3.8, 4) is 0 Å². The first kappa shape index (κ1) is 15.7. The number of carbonyl (C=O) groups excluding carboxylic acids is 1. The van der Waals surface area contributed by atoms with Crippen molar-refractivity contribution >= 4 is 11.6 Å². The van der Waals surface area contributed by atoms with Crippen LogP contribution in [0.3, 0.4) is 0 Å². The molecule has 2 rings (SSSR count). The van der Waals surface area contributed by atoms with Crippen LogP contribution in [0.5, 0.6) is 0 Å². The number of nitrogen functional groups attached to an aromatic ring is 1. The third-order valence-corrected chi connectivity index (χ3v) is 3.37. The van der Waals surface area contributed by atoms with E-state index in [2.05, 4.69) is 5.43 Å². The first-order chi connectivity index (χ1) is 9.65. The summed E-state index contributed by atoms with van der Waals surface area (Å²) in [5.41, 5.74) is 1.60. The molecular weight excluding hydrogens is 273 g/mol. The number of hydrogen-bond acceptors (Lipinski definition) is 4. The summed E-state index contributed by atoms with van der Waals surface area (Å²) in [6.45, 7) is 8.61. The highest BCUT2D eigenvalue weighted by molar-refractivity contribution is 5.99. The molecule has 116 valence electrons. The van der Waals surface area contributed by atoms with E-state index in [0.29, 0.717) is 13.1 Å². The molecular formula is C15H22FN3O2. The van der Waals surface area contributed by atoms with Crippen LogP contribution in [-0.4, -0.2) is 35.1 Å². The summed E-state index contributed by atoms with van der Waals surface area (Å²) in [7, 11) is 0. The van der Waals surface area contributed by atoms with Gasteiger partial charge in [-0.2, -0.15) is 0 Å². The molecule has 1 aliphatic heterocycles. The van der Waals surface area contributed by atoms with Crippen LogP contribution in [0.2, 0.25) is 0 Å². The summed E-state index contributed by atoms with van der Waals surface area (Å²) in [4.78, 5) is 14.4. The molecule has 6 heteroatoms. The summed E-state index contributed by atoms with van der Waals surface area (Å²) < 4.78 is 19.7. The van der Waals surface area contributed by atoms with E-state index < -0.39 is 17.0 Å². The van der Waals surface area contributed by atoms with Crippen molar-refractivity contribution < 1.29 is 13.9 Å². The van der Waals surface area contributed by atoms with Crippen molar-refractivity contribution in [3.05, 3.63) is 29.6 Å². The lowest BCUT2D eigenvalue weighted by Gasteiger charge is -2.47. The maximum atomic E-state index is 13.7. The fourth-order valence-corrected chi connectivity index (χ4v) is 2.95. The number of ether oxygens (including phenoxy) is 1. The molecule has 5 nitrogen and oxygen atoms in total. The molecule has 0 radical (unpaired) electrons. The molecule has 0 unspecified atom stereocenters. The van der Waals surface area contributed by atoms with Crippen LogP contribution < -0.4 is 11.3 Å². The van der Waals surface area contributed by atoms with Gasteiger partial charge in [-0.25, -0.2) is 4.39 Å². The minimum absolute atomic E-state index is 0.0182. The number of hydrogen-bond donors (Lipinski definition) is 2. The lowest BCUT2D eigenvalue weighted by atomic mass is 9.98. The molecule has 1 aromatic carbocycles. The van der Waals surface area contributed by atoms with E-state index in [1.165, 1.54) is 12.1 Å². The molecule has 0 bridgehead atoms. The predicted octanol–water partition coefficient (Wildman–Crippen LogP) is 2.14. The number of carbonyl (C=O) groups is 1. The number of nitrogens with two attached hydrogens (primary N) is 1. The van der Waals surface area contributed by atoms with Crippen LogP contribution in [-0.2, 0) is 4.74 Å². The molecule has 1 saturated heterocycles. The molecule has 0 spiro atoms. The molecule has 21 heavy (non-hydrogen) atoms. The van der Waals surface area contributed by atoms with Crippen molar-refractivity contribution in [2.75, 3.05) is 18.5 Å². The Balaban J connectivity index is 2.34. The number of hydrazine groups is 1. The second-order valence-corrected chi connectivity index (χ2v) is 6.59. The highest BCUT2D eigenvalue weighted by Crippen LogP contribution is 2.30. The number of halogens is 1. The highest BCUT2D eigenvalue weighted by Gasteiger charge is 2.40. The second-order valence-electron chi connectivity index (χ2n) is 6.59. The third-order valence-electron chi connectivity index (χ3n) is 3.37. The molecule has 1 aliphatic rings. The van der Waals surface area contributed by atoms with Crippen molar-refractivity contribution in [3.63, 3.8) is 0 Å². The Morgan fingerprint density at radius 2 is 1.86 bits per heavy atom. The van der Waals surface area contributed by atoms with E-state index in [9.17, 15) is 9.18 Å². The zero-order chi connectivity index (χ0) is 15.8. The monoisotopic (exact) mass is 295 g/mol. The van der Waals surface area contributed by atoms with Gasteiger partial charge in [-0.15, -0.1) is 0 Å². The zero-order valence-electron chi connectivity index (χ0n) is 12.9. The summed E-state index contributed by atoms with van der Waals surface area (Å²) >= 11 is 0.